The van der Waals surface area contributed by atoms with E-state index in [1.165, 1.54) is 24.7 Å². The number of hydrogen-bond acceptors (Lipinski definition) is 13. The van der Waals surface area contributed by atoms with Gasteiger partial charge in [-0.3, -0.25) is 38.4 Å². The third-order valence-corrected chi connectivity index (χ3v) is 14.5. The molecule has 464 valence electrons. The van der Waals surface area contributed by atoms with Crippen molar-refractivity contribution in [3.8, 4) is 5.75 Å². The molecular weight excluding hydrogens is 1110 g/mol. The number of rotatable bonds is 34. The number of aromatic hydroxyl groups is 1. The number of carbonyl (C=O) groups excluding carboxylic acids is 8. The van der Waals surface area contributed by atoms with Crippen LogP contribution in [-0.2, 0) is 75.3 Å². The number of imidazole rings is 1. The van der Waals surface area contributed by atoms with Crippen LogP contribution < -0.4 is 54.0 Å². The van der Waals surface area contributed by atoms with E-state index in [0.717, 1.165) is 16.5 Å². The minimum Gasteiger partial charge on any atom is -0.508 e. The quantitative estimate of drug-likeness (QED) is 0.0257. The predicted molar refractivity (Wildman–Crippen MR) is 326 cm³/mol. The molecule has 0 radical (unpaired) electrons. The highest BCUT2D eigenvalue weighted by molar-refractivity contribution is 5.98. The Morgan fingerprint density at radius 3 is 1.64 bits per heavy atom. The number of para-hydroxylation sites is 1. The number of phenolic OH excluding ortho intramolecular Hbond substituents is 1. The van der Waals surface area contributed by atoms with E-state index < -0.39 is 114 Å². The number of H-pyrrole nitrogens is 2. The maximum Gasteiger partial charge on any atom is 0.326 e. The number of aliphatic carboxylic acids is 1. The second-order valence-corrected chi connectivity index (χ2v) is 22.3. The monoisotopic (exact) mass is 1200 g/mol. The molecule has 8 unspecified atom stereocenters. The van der Waals surface area contributed by atoms with Gasteiger partial charge in [0.15, 0.2) is 0 Å². The number of benzene rings is 4. The van der Waals surface area contributed by atoms with Crippen LogP contribution in [0.1, 0.15) is 81.3 Å². The van der Waals surface area contributed by atoms with Gasteiger partial charge in [0.2, 0.25) is 47.3 Å². The number of carboxylic acid groups (broad SMARTS) is 1. The molecule has 2 aromatic heterocycles. The Morgan fingerprint density at radius 1 is 0.540 bits per heavy atom. The van der Waals surface area contributed by atoms with E-state index in [2.05, 4.69) is 57.5 Å². The van der Waals surface area contributed by atoms with E-state index in [-0.39, 0.29) is 63.2 Å². The summed E-state index contributed by atoms with van der Waals surface area (Å²) < 4.78 is 0. The van der Waals surface area contributed by atoms with Crippen LogP contribution in [0, 0.1) is 11.8 Å². The van der Waals surface area contributed by atoms with Crippen molar-refractivity contribution in [1.82, 2.24) is 57.5 Å². The van der Waals surface area contributed by atoms with Gasteiger partial charge in [-0.15, -0.1) is 0 Å². The Morgan fingerprint density at radius 2 is 1.06 bits per heavy atom. The first-order chi connectivity index (χ1) is 41.7. The van der Waals surface area contributed by atoms with Gasteiger partial charge in [-0.05, 0) is 90.9 Å². The molecule has 0 bridgehead atoms. The van der Waals surface area contributed by atoms with Crippen molar-refractivity contribution in [2.24, 2.45) is 23.3 Å². The Kier molecular flexibility index (Phi) is 25.6. The molecule has 8 amide bonds. The van der Waals surface area contributed by atoms with Crippen LogP contribution >= 0.6 is 0 Å². The average Bonchev–Trinajstić information content (AvgIpc) is 2.51. The molecule has 0 aliphatic rings. The lowest BCUT2D eigenvalue weighted by Gasteiger charge is -2.28. The molecule has 0 spiro atoms. The number of nitrogens with one attached hydrogen (secondary N) is 10. The number of carboxylic acids is 1. The maximum absolute atomic E-state index is 14.9. The molecule has 0 aliphatic carbocycles. The van der Waals surface area contributed by atoms with Crippen LogP contribution in [0.25, 0.3) is 10.9 Å². The molecule has 0 fully saturated rings. The number of amides is 8. The summed E-state index contributed by atoms with van der Waals surface area (Å²) >= 11 is 0. The van der Waals surface area contributed by atoms with Crippen molar-refractivity contribution in [3.63, 3.8) is 0 Å². The lowest BCUT2D eigenvalue weighted by molar-refractivity contribution is -0.143. The number of fused-ring (bicyclic) bond motifs is 1. The zero-order valence-electron chi connectivity index (χ0n) is 49.3. The van der Waals surface area contributed by atoms with E-state index in [0.29, 0.717) is 35.2 Å². The molecule has 0 saturated heterocycles. The van der Waals surface area contributed by atoms with Gasteiger partial charge < -0.3 is 74.2 Å². The highest BCUT2D eigenvalue weighted by Crippen LogP contribution is 2.21. The van der Waals surface area contributed by atoms with Crippen LogP contribution in [0.5, 0.6) is 5.75 Å². The van der Waals surface area contributed by atoms with Gasteiger partial charge in [-0.25, -0.2) is 9.78 Å². The summed E-state index contributed by atoms with van der Waals surface area (Å²) in [6, 6.07) is 21.0. The SMILES string of the molecule is CC(C)CC(NC(=O)C(N)Cc1ccccc1)C(=O)NC(Cc1ccc(O)cc1)C(=O)NC(CCCCN)C(=O)NC(Cc1c[nH]c2ccccc12)C(=O)NC(Cc1cnc[nH]1)C(=O)NCC(=O)NC(Cc1ccccc1)C(=O)NC(C(=O)O)C(C)C. The van der Waals surface area contributed by atoms with Crippen molar-refractivity contribution >= 4 is 64.1 Å². The number of aromatic amines is 2. The van der Waals surface area contributed by atoms with Gasteiger partial charge in [0.1, 0.15) is 48.0 Å². The Bertz CT molecular complexity index is 3230. The molecule has 2 heterocycles. The van der Waals surface area contributed by atoms with Crippen LogP contribution in [0.4, 0.5) is 0 Å². The number of nitrogens with zero attached hydrogens (tertiary/aromatic N) is 1. The minimum atomic E-state index is -1.43. The van der Waals surface area contributed by atoms with Crippen molar-refractivity contribution in [3.05, 3.63) is 156 Å². The van der Waals surface area contributed by atoms with E-state index in [9.17, 15) is 53.4 Å². The molecule has 24 nitrogen and oxygen atoms in total. The summed E-state index contributed by atoms with van der Waals surface area (Å²) in [5.41, 5.74) is 16.0. The molecule has 87 heavy (non-hydrogen) atoms. The number of aromatic nitrogens is 3. The summed E-state index contributed by atoms with van der Waals surface area (Å²) in [5, 5.41) is 42.3. The summed E-state index contributed by atoms with van der Waals surface area (Å²) in [7, 11) is 0. The third-order valence-electron chi connectivity index (χ3n) is 14.5. The topological polar surface area (TPSA) is 387 Å². The molecule has 6 rings (SSSR count). The van der Waals surface area contributed by atoms with Crippen molar-refractivity contribution < 1.29 is 53.4 Å². The molecule has 8 atom stereocenters. The number of hydrogen-bond donors (Lipinski definition) is 14. The first-order valence-electron chi connectivity index (χ1n) is 29.1. The van der Waals surface area contributed by atoms with E-state index in [1.54, 1.807) is 68.6 Å². The van der Waals surface area contributed by atoms with Crippen LogP contribution in [0.15, 0.2) is 128 Å². The van der Waals surface area contributed by atoms with Crippen molar-refractivity contribution in [2.45, 2.75) is 134 Å². The lowest BCUT2D eigenvalue weighted by atomic mass is 9.99. The number of phenols is 1. The zero-order chi connectivity index (χ0) is 63.0. The van der Waals surface area contributed by atoms with Crippen molar-refractivity contribution in [2.75, 3.05) is 13.1 Å². The van der Waals surface area contributed by atoms with E-state index in [4.69, 9.17) is 11.5 Å². The highest BCUT2D eigenvalue weighted by atomic mass is 16.4. The second-order valence-electron chi connectivity index (χ2n) is 22.3. The number of unbranched alkanes of at least 4 members (excludes halogenated alkanes) is 1. The molecule has 4 aromatic carbocycles. The van der Waals surface area contributed by atoms with Gasteiger partial charge in [0.25, 0.3) is 0 Å². The summed E-state index contributed by atoms with van der Waals surface area (Å²) in [6.45, 7) is 6.56. The van der Waals surface area contributed by atoms with Crippen LogP contribution in [0.2, 0.25) is 0 Å². The van der Waals surface area contributed by atoms with Crippen LogP contribution in [-0.4, -0.2) is 140 Å². The molecule has 24 heteroatoms. The second kappa shape index (κ2) is 33.3. The maximum atomic E-state index is 14.9. The summed E-state index contributed by atoms with van der Waals surface area (Å²) in [6.07, 6.45) is 5.25. The largest absolute Gasteiger partial charge is 0.508 e. The molecule has 0 aliphatic heterocycles. The lowest BCUT2D eigenvalue weighted by Crippen LogP contribution is -2.60. The highest BCUT2D eigenvalue weighted by Gasteiger charge is 2.35. The van der Waals surface area contributed by atoms with Crippen LogP contribution in [0.3, 0.4) is 0 Å². The first kappa shape index (κ1) is 66.7. The van der Waals surface area contributed by atoms with Gasteiger partial charge >= 0.3 is 5.97 Å². The fourth-order valence-corrected chi connectivity index (χ4v) is 9.79. The van der Waals surface area contributed by atoms with E-state index >= 15 is 0 Å². The zero-order valence-corrected chi connectivity index (χ0v) is 49.3. The molecular formula is C63H81N13O11. The normalized spacial score (nSPS) is 14.0. The Labute approximate surface area is 505 Å². The summed E-state index contributed by atoms with van der Waals surface area (Å²) in [5.74, 6) is -7.97. The van der Waals surface area contributed by atoms with Gasteiger partial charge in [0.05, 0.1) is 18.9 Å². The fraction of sp³-hybridized carbons (Fsp3) is 0.397. The molecule has 16 N–H and O–H groups in total. The van der Waals surface area contributed by atoms with Gasteiger partial charge in [0, 0.05) is 54.7 Å². The number of nitrogens with two attached hydrogens (primary N) is 2. The fourth-order valence-electron chi connectivity index (χ4n) is 9.79. The van der Waals surface area contributed by atoms with Gasteiger partial charge in [-0.1, -0.05) is 119 Å². The molecule has 6 aromatic rings. The van der Waals surface area contributed by atoms with Crippen molar-refractivity contribution in [1.29, 1.82) is 0 Å². The Balaban J connectivity index is 1.24. The Hall–Kier alpha value is -9.42. The van der Waals surface area contributed by atoms with E-state index in [1.807, 2.05) is 62.4 Å². The number of carbonyl (C=O) groups is 9. The first-order valence-corrected chi connectivity index (χ1v) is 29.1. The molecule has 0 saturated carbocycles. The summed E-state index contributed by atoms with van der Waals surface area (Å²) in [4.78, 5) is 136. The van der Waals surface area contributed by atoms with Gasteiger partial charge in [-0.2, -0.15) is 0 Å². The predicted octanol–water partition coefficient (Wildman–Crippen LogP) is 1.86. The smallest absolute Gasteiger partial charge is 0.326 e. The average molecular weight is 1200 g/mol. The third kappa shape index (κ3) is 21.2. The minimum absolute atomic E-state index is 0.0146. The standard InChI is InChI=1S/C63H81N13O11/c1-37(2)27-49(72-56(79)46(65)28-39-15-7-5-8-16-39)59(82)73-51(30-41-22-24-44(77)25-23-41)60(83)71-48(21-13-14-26-64)58(81)74-52(31-42-33-67-47-20-12-11-19-45(42)47)61(84)75-53(32-43-34-66-36-69-43)57(80)68-35-54(78)70-50(29-40-17-9-6-10-18-40)62(85)76-55(38(3)4)63(86)87/h5-12,15-20,22-25,33-34,36-38,46,48-53,55,67,77H,13-14,21,26-32,35,64-65H2,1-4H3,(H,66,69)(H,68,80)(H,70,78)(H,71,83)(H,72,79)(H,73,82)(H,74,81)(H,75,84)(H,76,85)(H,86,87).